The Morgan fingerprint density at radius 3 is 2.70 bits per heavy atom. The van der Waals surface area contributed by atoms with Gasteiger partial charge in [0, 0.05) is 21.2 Å². The van der Waals surface area contributed by atoms with Crippen molar-refractivity contribution in [2.75, 3.05) is 0 Å². The highest BCUT2D eigenvalue weighted by Crippen LogP contribution is 2.32. The van der Waals surface area contributed by atoms with E-state index in [1.54, 1.807) is 11.3 Å². The van der Waals surface area contributed by atoms with E-state index in [-0.39, 0.29) is 0 Å². The first-order valence-corrected chi connectivity index (χ1v) is 9.00. The highest BCUT2D eigenvalue weighted by molar-refractivity contribution is 9.10. The second kappa shape index (κ2) is 6.29. The molecule has 0 aliphatic heterocycles. The fraction of sp³-hybridized carbons (Fsp3) is 0.125. The standard InChI is InChI=1S/C16H12Br2OS/c17-8-11-4-3-6-14(18)16(11)19-9-12-10-20-15-7-2-1-5-13(12)15/h1-7,10H,8-9H2. The van der Waals surface area contributed by atoms with Crippen molar-refractivity contribution in [3.8, 4) is 5.75 Å². The van der Waals surface area contributed by atoms with E-state index in [1.807, 2.05) is 12.1 Å². The maximum atomic E-state index is 6.04. The molecule has 0 spiro atoms. The normalized spacial score (nSPS) is 10.9. The minimum Gasteiger partial charge on any atom is -0.487 e. The Morgan fingerprint density at radius 1 is 1.00 bits per heavy atom. The summed E-state index contributed by atoms with van der Waals surface area (Å²) >= 11 is 8.82. The van der Waals surface area contributed by atoms with Gasteiger partial charge in [-0.2, -0.15) is 0 Å². The van der Waals surface area contributed by atoms with Gasteiger partial charge >= 0.3 is 0 Å². The predicted octanol–water partition coefficient (Wildman–Crippen LogP) is 6.14. The molecule has 0 saturated carbocycles. The van der Waals surface area contributed by atoms with Crippen molar-refractivity contribution in [1.29, 1.82) is 0 Å². The van der Waals surface area contributed by atoms with Gasteiger partial charge in [0.25, 0.3) is 0 Å². The molecule has 1 heterocycles. The molecule has 20 heavy (non-hydrogen) atoms. The SMILES string of the molecule is BrCc1cccc(Br)c1OCc1csc2ccccc12. The molecule has 3 rings (SSSR count). The third-order valence-corrected chi connectivity index (χ3v) is 5.37. The van der Waals surface area contributed by atoms with Gasteiger partial charge in [0.05, 0.1) is 4.47 Å². The van der Waals surface area contributed by atoms with Gasteiger partial charge in [0.2, 0.25) is 0 Å². The molecule has 0 aliphatic rings. The molecule has 1 aromatic heterocycles. The van der Waals surface area contributed by atoms with Crippen LogP contribution in [-0.4, -0.2) is 0 Å². The lowest BCUT2D eigenvalue weighted by Gasteiger charge is -2.11. The number of hydrogen-bond acceptors (Lipinski definition) is 2. The highest BCUT2D eigenvalue weighted by atomic mass is 79.9. The quantitative estimate of drug-likeness (QED) is 0.468. The van der Waals surface area contributed by atoms with Crippen LogP contribution in [0, 0.1) is 0 Å². The Balaban J connectivity index is 1.87. The molecule has 0 N–H and O–H groups in total. The molecule has 0 radical (unpaired) electrons. The van der Waals surface area contributed by atoms with Gasteiger partial charge < -0.3 is 4.74 Å². The Kier molecular flexibility index (Phi) is 4.44. The van der Waals surface area contributed by atoms with E-state index in [1.165, 1.54) is 15.6 Å². The first kappa shape index (κ1) is 14.1. The largest absolute Gasteiger partial charge is 0.487 e. The van der Waals surface area contributed by atoms with Gasteiger partial charge in [-0.15, -0.1) is 11.3 Å². The van der Waals surface area contributed by atoms with Crippen LogP contribution in [-0.2, 0) is 11.9 Å². The molecule has 3 aromatic rings. The van der Waals surface area contributed by atoms with Crippen LogP contribution < -0.4 is 4.74 Å². The minimum atomic E-state index is 0.590. The third-order valence-electron chi connectivity index (χ3n) is 3.13. The summed E-state index contributed by atoms with van der Waals surface area (Å²) in [4.78, 5) is 0. The summed E-state index contributed by atoms with van der Waals surface area (Å²) < 4.78 is 8.34. The van der Waals surface area contributed by atoms with E-state index in [0.717, 1.165) is 21.1 Å². The van der Waals surface area contributed by atoms with Crippen molar-refractivity contribution in [2.45, 2.75) is 11.9 Å². The van der Waals surface area contributed by atoms with Crippen LogP contribution in [0.4, 0.5) is 0 Å². The molecule has 4 heteroatoms. The van der Waals surface area contributed by atoms with Gasteiger partial charge in [0.15, 0.2) is 0 Å². The Labute approximate surface area is 138 Å². The van der Waals surface area contributed by atoms with Crippen molar-refractivity contribution < 1.29 is 4.74 Å². The minimum absolute atomic E-state index is 0.590. The molecule has 0 fully saturated rings. The number of ether oxygens (including phenoxy) is 1. The number of thiophene rings is 1. The first-order chi connectivity index (χ1) is 9.79. The maximum absolute atomic E-state index is 6.04. The molecule has 0 bridgehead atoms. The van der Waals surface area contributed by atoms with Gasteiger partial charge in [-0.25, -0.2) is 0 Å². The fourth-order valence-corrected chi connectivity index (χ4v) is 4.03. The summed E-state index contributed by atoms with van der Waals surface area (Å²) in [6.45, 7) is 0.590. The molecule has 0 aliphatic carbocycles. The van der Waals surface area contributed by atoms with Crippen molar-refractivity contribution >= 4 is 53.3 Å². The van der Waals surface area contributed by atoms with Gasteiger partial charge in [-0.3, -0.25) is 0 Å². The number of para-hydroxylation sites is 1. The second-order valence-corrected chi connectivity index (χ2v) is 6.73. The summed E-state index contributed by atoms with van der Waals surface area (Å²) in [6.07, 6.45) is 0. The molecule has 0 saturated heterocycles. The number of benzene rings is 2. The van der Waals surface area contributed by atoms with Crippen LogP contribution in [0.2, 0.25) is 0 Å². The fourth-order valence-electron chi connectivity index (χ4n) is 2.11. The molecule has 1 nitrogen and oxygen atoms in total. The maximum Gasteiger partial charge on any atom is 0.138 e. The first-order valence-electron chi connectivity index (χ1n) is 6.21. The van der Waals surface area contributed by atoms with E-state index in [0.29, 0.717) is 6.61 Å². The van der Waals surface area contributed by atoms with Crippen LogP contribution in [0.3, 0.4) is 0 Å². The van der Waals surface area contributed by atoms with E-state index < -0.39 is 0 Å². The number of hydrogen-bond donors (Lipinski definition) is 0. The van der Waals surface area contributed by atoms with Crippen LogP contribution in [0.15, 0.2) is 52.3 Å². The van der Waals surface area contributed by atoms with Gasteiger partial charge in [0.1, 0.15) is 12.4 Å². The summed E-state index contributed by atoms with van der Waals surface area (Å²) in [5.41, 5.74) is 2.39. The Morgan fingerprint density at radius 2 is 1.85 bits per heavy atom. The molecule has 0 amide bonds. The molecule has 0 atom stereocenters. The predicted molar refractivity (Wildman–Crippen MR) is 92.9 cm³/mol. The molecular formula is C16H12Br2OS. The smallest absolute Gasteiger partial charge is 0.138 e. The van der Waals surface area contributed by atoms with Crippen molar-refractivity contribution in [3.05, 3.63) is 63.4 Å². The molecule has 0 unspecified atom stereocenters. The van der Waals surface area contributed by atoms with Gasteiger partial charge in [-0.1, -0.05) is 46.3 Å². The van der Waals surface area contributed by atoms with Crippen LogP contribution in [0.5, 0.6) is 5.75 Å². The molecule has 102 valence electrons. The monoisotopic (exact) mass is 410 g/mol. The summed E-state index contributed by atoms with van der Waals surface area (Å²) in [5, 5.41) is 4.24. The average Bonchev–Trinajstić information content (AvgIpc) is 2.89. The van der Waals surface area contributed by atoms with Crippen LogP contribution >= 0.6 is 43.2 Å². The zero-order chi connectivity index (χ0) is 13.9. The topological polar surface area (TPSA) is 9.23 Å². The van der Waals surface area contributed by atoms with Crippen LogP contribution in [0.25, 0.3) is 10.1 Å². The van der Waals surface area contributed by atoms with E-state index >= 15 is 0 Å². The number of halogens is 2. The number of rotatable bonds is 4. The van der Waals surface area contributed by atoms with Crippen molar-refractivity contribution in [3.63, 3.8) is 0 Å². The Bertz CT molecular complexity index is 736. The Hall–Kier alpha value is -0.840. The second-order valence-electron chi connectivity index (χ2n) is 4.41. The summed E-state index contributed by atoms with van der Waals surface area (Å²) in [7, 11) is 0. The lowest BCUT2D eigenvalue weighted by Crippen LogP contribution is -1.98. The molecular weight excluding hydrogens is 400 g/mol. The van der Waals surface area contributed by atoms with Gasteiger partial charge in [-0.05, 0) is 38.8 Å². The zero-order valence-electron chi connectivity index (χ0n) is 10.6. The van der Waals surface area contributed by atoms with E-state index in [4.69, 9.17) is 4.74 Å². The summed E-state index contributed by atoms with van der Waals surface area (Å²) in [5.74, 6) is 0.916. The molecule has 2 aromatic carbocycles. The summed E-state index contributed by atoms with van der Waals surface area (Å²) in [6, 6.07) is 14.5. The average molecular weight is 412 g/mol. The lowest BCUT2D eigenvalue weighted by atomic mass is 10.2. The number of alkyl halides is 1. The van der Waals surface area contributed by atoms with Crippen molar-refractivity contribution in [2.24, 2.45) is 0 Å². The van der Waals surface area contributed by atoms with E-state index in [2.05, 4.69) is 67.6 Å². The highest BCUT2D eigenvalue weighted by Gasteiger charge is 2.09. The third kappa shape index (κ3) is 2.78. The van der Waals surface area contributed by atoms with Crippen LogP contribution in [0.1, 0.15) is 11.1 Å². The zero-order valence-corrected chi connectivity index (χ0v) is 14.6. The van der Waals surface area contributed by atoms with Crippen molar-refractivity contribution in [1.82, 2.24) is 0 Å². The number of fused-ring (bicyclic) bond motifs is 1. The lowest BCUT2D eigenvalue weighted by molar-refractivity contribution is 0.304. The van der Waals surface area contributed by atoms with E-state index in [9.17, 15) is 0 Å².